The summed E-state index contributed by atoms with van der Waals surface area (Å²) in [5, 5.41) is 14.9. The van der Waals surface area contributed by atoms with Crippen molar-refractivity contribution in [1.29, 1.82) is 0 Å². The number of para-hydroxylation sites is 1. The number of aryl methyl sites for hydroxylation is 1. The Bertz CT molecular complexity index is 967. The summed E-state index contributed by atoms with van der Waals surface area (Å²) in [6, 6.07) is 16.3. The summed E-state index contributed by atoms with van der Waals surface area (Å²) >= 11 is 0. The molecule has 1 unspecified atom stereocenters. The molecule has 0 amide bonds. The molecule has 0 bridgehead atoms. The van der Waals surface area contributed by atoms with Gasteiger partial charge in [0, 0.05) is 24.8 Å². The lowest BCUT2D eigenvalue weighted by Crippen LogP contribution is -2.37. The topological polar surface area (TPSA) is 76.4 Å². The summed E-state index contributed by atoms with van der Waals surface area (Å²) in [6.07, 6.45) is 2.85. The minimum Gasteiger partial charge on any atom is -0.490 e. The molecule has 0 aliphatic carbocycles. The third-order valence-electron chi connectivity index (χ3n) is 4.86. The van der Waals surface area contributed by atoms with E-state index in [9.17, 15) is 0 Å². The molecule has 0 saturated carbocycles. The molecule has 0 fully saturated rings. The van der Waals surface area contributed by atoms with Crippen LogP contribution in [0.3, 0.4) is 0 Å². The van der Waals surface area contributed by atoms with Crippen LogP contribution in [0.5, 0.6) is 5.75 Å². The largest absolute Gasteiger partial charge is 0.490 e. The molecule has 2 aromatic carbocycles. The van der Waals surface area contributed by atoms with Gasteiger partial charge in [-0.2, -0.15) is 0 Å². The Balaban J connectivity index is 1.62. The molecule has 30 heavy (non-hydrogen) atoms. The molecule has 0 spiro atoms. The normalized spacial score (nSPS) is 12.5. The van der Waals surface area contributed by atoms with Gasteiger partial charge in [0.2, 0.25) is 0 Å². The predicted molar refractivity (Wildman–Crippen MR) is 120 cm³/mol. The van der Waals surface area contributed by atoms with Crippen molar-refractivity contribution in [3.63, 3.8) is 0 Å². The van der Waals surface area contributed by atoms with Crippen LogP contribution in [0, 0.1) is 6.92 Å². The third-order valence-corrected chi connectivity index (χ3v) is 4.86. The number of ether oxygens (including phenoxy) is 1. The number of rotatable bonds is 8. The monoisotopic (exact) mass is 406 g/mol. The number of aliphatic imine (C=N–C) groups is 1. The first kappa shape index (κ1) is 21.4. The van der Waals surface area contributed by atoms with Crippen LogP contribution in [0.4, 0.5) is 0 Å². The molecule has 2 N–H and O–H groups in total. The van der Waals surface area contributed by atoms with Gasteiger partial charge in [-0.15, -0.1) is 10.2 Å². The van der Waals surface area contributed by atoms with Crippen LogP contribution >= 0.6 is 0 Å². The van der Waals surface area contributed by atoms with Crippen molar-refractivity contribution < 1.29 is 4.74 Å². The molecule has 1 heterocycles. The highest BCUT2D eigenvalue weighted by Crippen LogP contribution is 2.22. The fraction of sp³-hybridized carbons (Fsp3) is 0.348. The first-order chi connectivity index (χ1) is 14.6. The van der Waals surface area contributed by atoms with E-state index in [1.165, 1.54) is 5.56 Å². The van der Waals surface area contributed by atoms with E-state index < -0.39 is 0 Å². The van der Waals surface area contributed by atoms with E-state index in [0.717, 1.165) is 29.2 Å². The molecule has 1 aromatic heterocycles. The summed E-state index contributed by atoms with van der Waals surface area (Å²) in [6.45, 7) is 7.39. The smallest absolute Gasteiger partial charge is 0.191 e. The van der Waals surface area contributed by atoms with Crippen molar-refractivity contribution in [1.82, 2.24) is 25.4 Å². The number of aromatic nitrogens is 3. The molecular formula is C23H30N6O. The summed E-state index contributed by atoms with van der Waals surface area (Å²) in [7, 11) is 1.75. The van der Waals surface area contributed by atoms with Gasteiger partial charge in [-0.1, -0.05) is 37.3 Å². The second-order valence-corrected chi connectivity index (χ2v) is 7.18. The lowest BCUT2D eigenvalue weighted by molar-refractivity contribution is 0.215. The lowest BCUT2D eigenvalue weighted by Gasteiger charge is -2.18. The van der Waals surface area contributed by atoms with E-state index in [1.807, 2.05) is 34.9 Å². The van der Waals surface area contributed by atoms with Crippen molar-refractivity contribution in [2.45, 2.75) is 46.4 Å². The lowest BCUT2D eigenvalue weighted by atomic mass is 10.1. The first-order valence-electron chi connectivity index (χ1n) is 10.3. The Morgan fingerprint density at radius 2 is 1.90 bits per heavy atom. The van der Waals surface area contributed by atoms with Crippen LogP contribution < -0.4 is 15.4 Å². The van der Waals surface area contributed by atoms with Crippen LogP contribution in [0.15, 0.2) is 59.9 Å². The van der Waals surface area contributed by atoms with Gasteiger partial charge in [-0.3, -0.25) is 9.56 Å². The molecule has 3 aromatic rings. The van der Waals surface area contributed by atoms with Crippen molar-refractivity contribution in [3.8, 4) is 11.4 Å². The molecule has 1 atom stereocenters. The maximum Gasteiger partial charge on any atom is 0.191 e. The Morgan fingerprint density at radius 1 is 1.13 bits per heavy atom. The second-order valence-electron chi connectivity index (χ2n) is 7.18. The average molecular weight is 407 g/mol. The number of nitrogens with zero attached hydrogens (tertiary/aromatic N) is 4. The van der Waals surface area contributed by atoms with Crippen molar-refractivity contribution in [3.05, 3.63) is 71.8 Å². The Hall–Kier alpha value is -3.35. The van der Waals surface area contributed by atoms with Crippen molar-refractivity contribution >= 4 is 5.96 Å². The maximum absolute atomic E-state index is 6.10. The standard InChI is InChI=1S/C23H30N6O/c1-5-18(3)30-21-13-17(2)11-12-19(21)14-25-23(24-4)26-15-22-28-27-16-29(22)20-9-7-6-8-10-20/h6-13,16,18H,5,14-15H2,1-4H3,(H2,24,25,26). The number of nitrogens with one attached hydrogen (secondary N) is 2. The van der Waals surface area contributed by atoms with E-state index in [1.54, 1.807) is 13.4 Å². The molecule has 158 valence electrons. The summed E-state index contributed by atoms with van der Waals surface area (Å²) in [5.74, 6) is 2.41. The molecule has 0 aliphatic heterocycles. The van der Waals surface area contributed by atoms with Crippen molar-refractivity contribution in [2.24, 2.45) is 4.99 Å². The Morgan fingerprint density at radius 3 is 2.63 bits per heavy atom. The van der Waals surface area contributed by atoms with Crippen LogP contribution in [-0.4, -0.2) is 33.9 Å². The van der Waals surface area contributed by atoms with Crippen LogP contribution in [0.2, 0.25) is 0 Å². The van der Waals surface area contributed by atoms with E-state index in [-0.39, 0.29) is 6.10 Å². The second kappa shape index (κ2) is 10.4. The number of guanidine groups is 1. The molecular weight excluding hydrogens is 376 g/mol. The van der Waals surface area contributed by atoms with Gasteiger partial charge in [-0.05, 0) is 44.0 Å². The molecule has 7 heteroatoms. The third kappa shape index (κ3) is 5.59. The quantitative estimate of drug-likeness (QED) is 0.441. The minimum absolute atomic E-state index is 0.173. The highest BCUT2D eigenvalue weighted by atomic mass is 16.5. The van der Waals surface area contributed by atoms with E-state index in [0.29, 0.717) is 19.0 Å². The molecule has 3 rings (SSSR count). The van der Waals surface area contributed by atoms with Crippen LogP contribution in [0.1, 0.15) is 37.2 Å². The fourth-order valence-corrected chi connectivity index (χ4v) is 2.96. The summed E-state index contributed by atoms with van der Waals surface area (Å²) in [4.78, 5) is 4.33. The zero-order valence-electron chi connectivity index (χ0n) is 18.1. The first-order valence-corrected chi connectivity index (χ1v) is 10.3. The minimum atomic E-state index is 0.173. The number of benzene rings is 2. The predicted octanol–water partition coefficient (Wildman–Crippen LogP) is 3.62. The van der Waals surface area contributed by atoms with Gasteiger partial charge in [-0.25, -0.2) is 0 Å². The van der Waals surface area contributed by atoms with E-state index in [2.05, 4.69) is 64.8 Å². The number of hydrogen-bond donors (Lipinski definition) is 2. The van der Waals surface area contributed by atoms with Gasteiger partial charge in [0.05, 0.1) is 12.6 Å². The zero-order chi connectivity index (χ0) is 21.3. The number of hydrogen-bond acceptors (Lipinski definition) is 4. The fourth-order valence-electron chi connectivity index (χ4n) is 2.96. The van der Waals surface area contributed by atoms with Gasteiger partial charge in [0.1, 0.15) is 12.1 Å². The van der Waals surface area contributed by atoms with E-state index >= 15 is 0 Å². The molecule has 0 saturated heterocycles. The highest BCUT2D eigenvalue weighted by Gasteiger charge is 2.10. The zero-order valence-corrected chi connectivity index (χ0v) is 18.1. The molecule has 0 radical (unpaired) electrons. The summed E-state index contributed by atoms with van der Waals surface area (Å²) in [5.41, 5.74) is 3.30. The molecule has 0 aliphatic rings. The maximum atomic E-state index is 6.10. The Labute approximate surface area is 178 Å². The summed E-state index contributed by atoms with van der Waals surface area (Å²) < 4.78 is 8.06. The Kier molecular flexibility index (Phi) is 7.43. The van der Waals surface area contributed by atoms with Gasteiger partial charge >= 0.3 is 0 Å². The van der Waals surface area contributed by atoms with Gasteiger partial charge in [0.25, 0.3) is 0 Å². The van der Waals surface area contributed by atoms with Gasteiger partial charge < -0.3 is 15.4 Å². The van der Waals surface area contributed by atoms with Crippen molar-refractivity contribution in [2.75, 3.05) is 7.05 Å². The average Bonchev–Trinajstić information content (AvgIpc) is 3.24. The highest BCUT2D eigenvalue weighted by molar-refractivity contribution is 5.79. The van der Waals surface area contributed by atoms with Crippen LogP contribution in [-0.2, 0) is 13.1 Å². The van der Waals surface area contributed by atoms with Crippen LogP contribution in [0.25, 0.3) is 5.69 Å². The molecule has 7 nitrogen and oxygen atoms in total. The van der Waals surface area contributed by atoms with E-state index in [4.69, 9.17) is 4.74 Å². The van der Waals surface area contributed by atoms with Gasteiger partial charge in [0.15, 0.2) is 11.8 Å². The SMILES string of the molecule is CCC(C)Oc1cc(C)ccc1CNC(=NC)NCc1nncn1-c1ccccc1.